The summed E-state index contributed by atoms with van der Waals surface area (Å²) in [6.07, 6.45) is 4.22. The molecule has 2 aromatic rings. The topological polar surface area (TPSA) is 20.2 Å². The summed E-state index contributed by atoms with van der Waals surface area (Å²) in [5.74, 6) is 0.503. The molecule has 21 heavy (non-hydrogen) atoms. The molecule has 1 nitrogen and oxygen atoms in total. The lowest BCUT2D eigenvalue weighted by molar-refractivity contribution is 0.399. The predicted octanol–water partition coefficient (Wildman–Crippen LogP) is 5.41. The summed E-state index contributed by atoms with van der Waals surface area (Å²) in [5, 5.41) is 7.00. The highest BCUT2D eigenvalue weighted by atomic mass is 32.1. The van der Waals surface area contributed by atoms with Crippen LogP contribution in [0.4, 0.5) is 0 Å². The van der Waals surface area contributed by atoms with E-state index in [-0.39, 0.29) is 0 Å². The Morgan fingerprint density at radius 3 is 2.33 bits per heavy atom. The van der Waals surface area contributed by atoms with E-state index >= 15 is 0 Å². The zero-order valence-electron chi connectivity index (χ0n) is 13.2. The molecule has 0 aliphatic carbocycles. The van der Waals surface area contributed by atoms with Gasteiger partial charge in [0.25, 0.3) is 0 Å². The molecule has 0 radical (unpaired) electrons. The maximum Gasteiger partial charge on any atom is 0.0319 e. The lowest BCUT2D eigenvalue weighted by atomic mass is 9.91. The minimum atomic E-state index is 0.503. The van der Waals surface area contributed by atoms with Gasteiger partial charge in [-0.05, 0) is 47.2 Å². The molecule has 0 bridgehead atoms. The van der Waals surface area contributed by atoms with Crippen LogP contribution in [0, 0.1) is 0 Å². The number of rotatable bonds is 3. The van der Waals surface area contributed by atoms with E-state index in [1.54, 1.807) is 0 Å². The lowest BCUT2D eigenvalue weighted by Gasteiger charge is -2.14. The van der Waals surface area contributed by atoms with Crippen molar-refractivity contribution in [2.75, 3.05) is 7.11 Å². The minimum absolute atomic E-state index is 0.503. The van der Waals surface area contributed by atoms with E-state index in [4.69, 9.17) is 5.11 Å². The fourth-order valence-electron chi connectivity index (χ4n) is 2.29. The molecular weight excluding hydrogens is 276 g/mol. The van der Waals surface area contributed by atoms with Gasteiger partial charge in [0, 0.05) is 12.0 Å². The summed E-state index contributed by atoms with van der Waals surface area (Å²) in [5.41, 5.74) is 5.19. The highest BCUT2D eigenvalue weighted by Crippen LogP contribution is 2.31. The molecule has 2 aromatic carbocycles. The van der Waals surface area contributed by atoms with Crippen molar-refractivity contribution in [2.45, 2.75) is 31.6 Å². The second-order valence-corrected chi connectivity index (χ2v) is 5.57. The van der Waals surface area contributed by atoms with Crippen LogP contribution in [0.2, 0.25) is 0 Å². The van der Waals surface area contributed by atoms with E-state index < -0.39 is 0 Å². The predicted molar refractivity (Wildman–Crippen MR) is 96.1 cm³/mol. The Hall–Kier alpha value is -1.51. The number of hydrogen-bond donors (Lipinski definition) is 2. The van der Waals surface area contributed by atoms with Gasteiger partial charge in [-0.15, -0.1) is 12.6 Å². The van der Waals surface area contributed by atoms with Gasteiger partial charge in [0.05, 0.1) is 0 Å². The Balaban J connectivity index is 0.00000106. The van der Waals surface area contributed by atoms with Crippen LogP contribution in [0.15, 0.2) is 53.4 Å². The van der Waals surface area contributed by atoms with E-state index in [1.807, 2.05) is 13.0 Å². The van der Waals surface area contributed by atoms with Gasteiger partial charge in [-0.1, -0.05) is 56.3 Å². The van der Waals surface area contributed by atoms with E-state index in [9.17, 15) is 0 Å². The van der Waals surface area contributed by atoms with Crippen molar-refractivity contribution in [1.29, 1.82) is 0 Å². The van der Waals surface area contributed by atoms with Gasteiger partial charge in [0.15, 0.2) is 0 Å². The van der Waals surface area contributed by atoms with Crippen LogP contribution in [0.5, 0.6) is 0 Å². The summed E-state index contributed by atoms with van der Waals surface area (Å²) in [4.78, 5) is 1.00. The average molecular weight is 300 g/mol. The highest BCUT2D eigenvalue weighted by Gasteiger charge is 2.09. The van der Waals surface area contributed by atoms with Crippen molar-refractivity contribution in [2.24, 2.45) is 0 Å². The van der Waals surface area contributed by atoms with Crippen molar-refractivity contribution in [3.63, 3.8) is 0 Å². The first-order valence-corrected chi connectivity index (χ1v) is 7.57. The molecule has 0 saturated heterocycles. The third-order valence-electron chi connectivity index (χ3n) is 3.21. The Kier molecular flexibility index (Phi) is 7.27. The number of thiol groups is 1. The molecule has 0 fully saturated rings. The molecule has 0 saturated carbocycles. The van der Waals surface area contributed by atoms with E-state index in [0.717, 1.165) is 12.0 Å². The second kappa shape index (κ2) is 8.71. The standard InChI is InChI=1S/C18H20S.CH4O/c1-4-6-14-9-10-17(18(11-14)13(2)3)15-7-5-8-16(19)12-15;1-2/h4-13,19H,1-3H3;2H,1H3/b6-4+;. The molecule has 0 amide bonds. The van der Waals surface area contributed by atoms with Gasteiger partial charge in [-0.2, -0.15) is 0 Å². The van der Waals surface area contributed by atoms with Crippen LogP contribution in [0.3, 0.4) is 0 Å². The molecule has 2 rings (SSSR count). The quantitative estimate of drug-likeness (QED) is 0.726. The smallest absolute Gasteiger partial charge is 0.0319 e. The number of hydrogen-bond acceptors (Lipinski definition) is 2. The Bertz CT molecular complexity index is 600. The fourth-order valence-corrected chi connectivity index (χ4v) is 2.52. The second-order valence-electron chi connectivity index (χ2n) is 5.05. The molecule has 0 atom stereocenters. The van der Waals surface area contributed by atoms with E-state index in [2.05, 4.69) is 75.0 Å². The van der Waals surface area contributed by atoms with Crippen molar-refractivity contribution in [1.82, 2.24) is 0 Å². The molecular formula is C19H24OS. The monoisotopic (exact) mass is 300 g/mol. The van der Waals surface area contributed by atoms with Crippen LogP contribution >= 0.6 is 12.6 Å². The van der Waals surface area contributed by atoms with Crippen LogP contribution < -0.4 is 0 Å². The van der Waals surface area contributed by atoms with Crippen LogP contribution in [0.25, 0.3) is 17.2 Å². The largest absolute Gasteiger partial charge is 0.400 e. The third kappa shape index (κ3) is 4.76. The first kappa shape index (κ1) is 17.5. The number of aliphatic hydroxyl groups is 1. The first-order valence-electron chi connectivity index (χ1n) is 7.12. The normalized spacial score (nSPS) is 10.6. The SMILES string of the molecule is C/C=C/c1ccc(-c2cccc(S)c2)c(C(C)C)c1.CO. The van der Waals surface area contributed by atoms with Gasteiger partial charge < -0.3 is 5.11 Å². The third-order valence-corrected chi connectivity index (χ3v) is 3.49. The van der Waals surface area contributed by atoms with Gasteiger partial charge in [-0.3, -0.25) is 0 Å². The van der Waals surface area contributed by atoms with E-state index in [1.165, 1.54) is 22.3 Å². The number of benzene rings is 2. The lowest BCUT2D eigenvalue weighted by Crippen LogP contribution is -1.93. The number of aliphatic hydroxyl groups excluding tert-OH is 1. The first-order chi connectivity index (χ1) is 10.1. The summed E-state index contributed by atoms with van der Waals surface area (Å²) in [6.45, 7) is 6.53. The van der Waals surface area contributed by atoms with Gasteiger partial charge in [-0.25, -0.2) is 0 Å². The molecule has 0 aliphatic heterocycles. The summed E-state index contributed by atoms with van der Waals surface area (Å²) < 4.78 is 0. The Morgan fingerprint density at radius 2 is 1.76 bits per heavy atom. The Labute approximate surface area is 133 Å². The van der Waals surface area contributed by atoms with Crippen LogP contribution in [-0.4, -0.2) is 12.2 Å². The van der Waals surface area contributed by atoms with Gasteiger partial charge in [0.1, 0.15) is 0 Å². The summed E-state index contributed by atoms with van der Waals surface area (Å²) >= 11 is 4.43. The molecule has 1 N–H and O–H groups in total. The van der Waals surface area contributed by atoms with Crippen LogP contribution in [-0.2, 0) is 0 Å². The van der Waals surface area contributed by atoms with E-state index in [0.29, 0.717) is 5.92 Å². The summed E-state index contributed by atoms with van der Waals surface area (Å²) in [7, 11) is 1.00. The zero-order chi connectivity index (χ0) is 15.8. The maximum atomic E-state index is 7.00. The van der Waals surface area contributed by atoms with Crippen LogP contribution in [0.1, 0.15) is 37.8 Å². The Morgan fingerprint density at radius 1 is 1.05 bits per heavy atom. The van der Waals surface area contributed by atoms with Crippen molar-refractivity contribution >= 4 is 18.7 Å². The molecule has 2 heteroatoms. The maximum absolute atomic E-state index is 7.00. The number of allylic oxidation sites excluding steroid dienone is 1. The average Bonchev–Trinajstić information content (AvgIpc) is 2.49. The van der Waals surface area contributed by atoms with Crippen molar-refractivity contribution < 1.29 is 5.11 Å². The molecule has 0 spiro atoms. The molecule has 0 aromatic heterocycles. The highest BCUT2D eigenvalue weighted by molar-refractivity contribution is 7.80. The molecule has 112 valence electrons. The summed E-state index contributed by atoms with van der Waals surface area (Å²) in [6, 6.07) is 15.0. The molecule has 0 aliphatic rings. The minimum Gasteiger partial charge on any atom is -0.400 e. The van der Waals surface area contributed by atoms with Gasteiger partial charge in [0.2, 0.25) is 0 Å². The van der Waals surface area contributed by atoms with Crippen molar-refractivity contribution in [3.8, 4) is 11.1 Å². The molecule has 0 unspecified atom stereocenters. The van der Waals surface area contributed by atoms with Crippen molar-refractivity contribution in [3.05, 3.63) is 59.7 Å². The van der Waals surface area contributed by atoms with Gasteiger partial charge >= 0.3 is 0 Å². The zero-order valence-corrected chi connectivity index (χ0v) is 14.1. The fraction of sp³-hybridized carbons (Fsp3) is 0.263. The molecule has 0 heterocycles.